The maximum Gasteiger partial charge on any atom is 0.248 e. The van der Waals surface area contributed by atoms with Crippen molar-refractivity contribution in [1.29, 1.82) is 0 Å². The van der Waals surface area contributed by atoms with Gasteiger partial charge in [0.15, 0.2) is 0 Å². The van der Waals surface area contributed by atoms with Crippen molar-refractivity contribution in [2.75, 3.05) is 5.32 Å². The molecule has 2 nitrogen and oxygen atoms in total. The predicted octanol–water partition coefficient (Wildman–Crippen LogP) is 3.37. The highest BCUT2D eigenvalue weighted by Gasteiger charge is 1.98. The third-order valence-corrected chi connectivity index (χ3v) is 2.33. The van der Waals surface area contributed by atoms with E-state index in [1.807, 2.05) is 51.1 Å². The lowest BCUT2D eigenvalue weighted by Crippen LogP contribution is -2.07. The number of aryl methyl sites for hydroxylation is 2. The molecule has 84 valence electrons. The molecular formula is C14H17NO. The maximum atomic E-state index is 11.5. The van der Waals surface area contributed by atoms with Crippen molar-refractivity contribution in [3.63, 3.8) is 0 Å². The standard InChI is InChI=1S/C14H17NO/c1-4-5-6-7-14(16)15-13-9-8-11(2)12(3)10-13/h4-10H,1-3H3,(H,15,16)/b5-4+,7-6?. The van der Waals surface area contributed by atoms with Gasteiger partial charge in [-0.2, -0.15) is 0 Å². The van der Waals surface area contributed by atoms with Crippen molar-refractivity contribution >= 4 is 11.6 Å². The number of benzene rings is 1. The number of hydrogen-bond donors (Lipinski definition) is 1. The summed E-state index contributed by atoms with van der Waals surface area (Å²) in [6, 6.07) is 5.88. The van der Waals surface area contributed by atoms with Crippen LogP contribution in [0.1, 0.15) is 18.1 Å². The number of allylic oxidation sites excluding steroid dienone is 3. The number of rotatable bonds is 3. The van der Waals surface area contributed by atoms with Crippen LogP contribution < -0.4 is 5.32 Å². The quantitative estimate of drug-likeness (QED) is 0.608. The zero-order valence-electron chi connectivity index (χ0n) is 9.95. The van der Waals surface area contributed by atoms with Crippen molar-refractivity contribution < 1.29 is 4.79 Å². The number of hydrogen-bond acceptors (Lipinski definition) is 1. The van der Waals surface area contributed by atoms with Crippen molar-refractivity contribution in [2.45, 2.75) is 20.8 Å². The minimum absolute atomic E-state index is 0.110. The van der Waals surface area contributed by atoms with Crippen LogP contribution in [0.25, 0.3) is 0 Å². The summed E-state index contributed by atoms with van der Waals surface area (Å²) < 4.78 is 0. The van der Waals surface area contributed by atoms with E-state index in [0.717, 1.165) is 5.69 Å². The summed E-state index contributed by atoms with van der Waals surface area (Å²) in [6.45, 7) is 5.99. The first-order chi connectivity index (χ1) is 7.63. The second kappa shape index (κ2) is 5.91. The molecule has 0 spiro atoms. The van der Waals surface area contributed by atoms with E-state index in [1.165, 1.54) is 17.2 Å². The zero-order valence-corrected chi connectivity index (χ0v) is 9.95. The first-order valence-corrected chi connectivity index (χ1v) is 5.31. The molecule has 0 radical (unpaired) electrons. The molecule has 0 saturated heterocycles. The average molecular weight is 215 g/mol. The summed E-state index contributed by atoms with van der Waals surface area (Å²) in [5.41, 5.74) is 3.23. The molecule has 16 heavy (non-hydrogen) atoms. The van der Waals surface area contributed by atoms with E-state index in [9.17, 15) is 4.79 Å². The molecule has 1 rings (SSSR count). The molecule has 0 unspecified atom stereocenters. The maximum absolute atomic E-state index is 11.5. The van der Waals surface area contributed by atoms with Crippen molar-refractivity contribution in [1.82, 2.24) is 0 Å². The van der Waals surface area contributed by atoms with Crippen LogP contribution in [0.2, 0.25) is 0 Å². The first kappa shape index (κ1) is 12.2. The van der Waals surface area contributed by atoms with E-state index in [1.54, 1.807) is 6.08 Å². The van der Waals surface area contributed by atoms with Gasteiger partial charge in [-0.15, -0.1) is 0 Å². The molecule has 0 bridgehead atoms. The lowest BCUT2D eigenvalue weighted by atomic mass is 10.1. The molecule has 0 fully saturated rings. The molecule has 0 saturated carbocycles. The Balaban J connectivity index is 2.66. The number of nitrogens with one attached hydrogen (secondary N) is 1. The summed E-state index contributed by atoms with van der Waals surface area (Å²) >= 11 is 0. The molecule has 1 N–H and O–H groups in total. The van der Waals surface area contributed by atoms with E-state index < -0.39 is 0 Å². The topological polar surface area (TPSA) is 29.1 Å². The largest absolute Gasteiger partial charge is 0.323 e. The lowest BCUT2D eigenvalue weighted by molar-refractivity contribution is -0.111. The summed E-state index contributed by atoms with van der Waals surface area (Å²) in [5.74, 6) is -0.110. The van der Waals surface area contributed by atoms with Gasteiger partial charge >= 0.3 is 0 Å². The van der Waals surface area contributed by atoms with Gasteiger partial charge < -0.3 is 5.32 Å². The van der Waals surface area contributed by atoms with Gasteiger partial charge in [-0.05, 0) is 44.0 Å². The Bertz CT molecular complexity index is 430. The van der Waals surface area contributed by atoms with Crippen molar-refractivity contribution in [3.05, 3.63) is 53.6 Å². The third-order valence-electron chi connectivity index (χ3n) is 2.33. The van der Waals surface area contributed by atoms with Crippen LogP contribution in [-0.4, -0.2) is 5.91 Å². The van der Waals surface area contributed by atoms with Crippen LogP contribution in [0.15, 0.2) is 42.5 Å². The fraction of sp³-hybridized carbons (Fsp3) is 0.214. The van der Waals surface area contributed by atoms with Gasteiger partial charge in [0.2, 0.25) is 5.91 Å². The Kier molecular flexibility index (Phi) is 4.52. The molecule has 0 aromatic heterocycles. The van der Waals surface area contributed by atoms with Gasteiger partial charge in [0, 0.05) is 11.8 Å². The van der Waals surface area contributed by atoms with Gasteiger partial charge in [0.05, 0.1) is 0 Å². The van der Waals surface area contributed by atoms with Gasteiger partial charge in [0.25, 0.3) is 0 Å². The van der Waals surface area contributed by atoms with E-state index in [2.05, 4.69) is 5.32 Å². The summed E-state index contributed by atoms with van der Waals surface area (Å²) in [5, 5.41) is 2.81. The number of anilines is 1. The molecule has 1 amide bonds. The smallest absolute Gasteiger partial charge is 0.248 e. The first-order valence-electron chi connectivity index (χ1n) is 5.31. The normalized spacial score (nSPS) is 11.2. The second-order valence-electron chi connectivity index (χ2n) is 3.67. The molecule has 1 aromatic rings. The number of carbonyl (C=O) groups is 1. The monoisotopic (exact) mass is 215 g/mol. The van der Waals surface area contributed by atoms with Crippen LogP contribution in [0.4, 0.5) is 5.69 Å². The van der Waals surface area contributed by atoms with Crippen LogP contribution in [0.3, 0.4) is 0 Å². The highest BCUT2D eigenvalue weighted by molar-refractivity contribution is 5.99. The molecule has 0 aliphatic carbocycles. The van der Waals surface area contributed by atoms with E-state index in [4.69, 9.17) is 0 Å². The van der Waals surface area contributed by atoms with E-state index >= 15 is 0 Å². The summed E-state index contributed by atoms with van der Waals surface area (Å²) in [7, 11) is 0. The molecule has 0 atom stereocenters. The molecule has 0 aliphatic heterocycles. The minimum atomic E-state index is -0.110. The van der Waals surface area contributed by atoms with Gasteiger partial charge in [0.1, 0.15) is 0 Å². The fourth-order valence-corrected chi connectivity index (χ4v) is 1.26. The number of carbonyl (C=O) groups excluding carboxylic acids is 1. The Morgan fingerprint density at radius 1 is 1.19 bits per heavy atom. The Hall–Kier alpha value is -1.83. The molecular weight excluding hydrogens is 198 g/mol. The van der Waals surface area contributed by atoms with Crippen LogP contribution in [0.5, 0.6) is 0 Å². The molecule has 1 aromatic carbocycles. The Morgan fingerprint density at radius 3 is 2.56 bits per heavy atom. The van der Waals surface area contributed by atoms with Gasteiger partial charge in [-0.1, -0.05) is 24.3 Å². The molecule has 0 aliphatic rings. The minimum Gasteiger partial charge on any atom is -0.323 e. The Labute approximate surface area is 96.7 Å². The summed E-state index contributed by atoms with van der Waals surface area (Å²) in [4.78, 5) is 11.5. The number of amides is 1. The van der Waals surface area contributed by atoms with E-state index in [0.29, 0.717) is 0 Å². The highest BCUT2D eigenvalue weighted by Crippen LogP contribution is 2.13. The van der Waals surface area contributed by atoms with Gasteiger partial charge in [-0.3, -0.25) is 4.79 Å². The molecule has 2 heteroatoms. The van der Waals surface area contributed by atoms with Crippen molar-refractivity contribution in [3.8, 4) is 0 Å². The second-order valence-corrected chi connectivity index (χ2v) is 3.67. The predicted molar refractivity (Wildman–Crippen MR) is 68.5 cm³/mol. The zero-order chi connectivity index (χ0) is 12.0. The van der Waals surface area contributed by atoms with Crippen LogP contribution in [0, 0.1) is 13.8 Å². The van der Waals surface area contributed by atoms with Crippen molar-refractivity contribution in [2.24, 2.45) is 0 Å². The SMILES string of the molecule is C/C=C/C=CC(=O)Nc1ccc(C)c(C)c1. The average Bonchev–Trinajstić information content (AvgIpc) is 2.24. The molecule has 0 heterocycles. The van der Waals surface area contributed by atoms with E-state index in [-0.39, 0.29) is 5.91 Å². The highest BCUT2D eigenvalue weighted by atomic mass is 16.1. The van der Waals surface area contributed by atoms with Gasteiger partial charge in [-0.25, -0.2) is 0 Å². The Morgan fingerprint density at radius 2 is 1.94 bits per heavy atom. The fourth-order valence-electron chi connectivity index (χ4n) is 1.26. The van der Waals surface area contributed by atoms with Crippen LogP contribution >= 0.6 is 0 Å². The summed E-state index contributed by atoms with van der Waals surface area (Å²) in [6.07, 6.45) is 6.92. The lowest BCUT2D eigenvalue weighted by Gasteiger charge is -2.05. The van der Waals surface area contributed by atoms with Crippen LogP contribution in [-0.2, 0) is 4.79 Å². The third kappa shape index (κ3) is 3.73.